The van der Waals surface area contributed by atoms with Gasteiger partial charge >= 0.3 is 0 Å². The molecule has 6 heteroatoms. The maximum absolute atomic E-state index is 11.1. The number of fused-ring (bicyclic) bond motifs is 1. The maximum atomic E-state index is 11.1. The smallest absolute Gasteiger partial charge is 0.209 e. The highest BCUT2D eigenvalue weighted by atomic mass is 32.2. The number of rotatable bonds is 5. The molecule has 0 bridgehead atoms. The summed E-state index contributed by atoms with van der Waals surface area (Å²) in [6.07, 6.45) is 1.52. The van der Waals surface area contributed by atoms with E-state index in [4.69, 9.17) is 9.88 Å². The van der Waals surface area contributed by atoms with E-state index in [2.05, 4.69) is 30.9 Å². The van der Waals surface area contributed by atoms with E-state index in [-0.39, 0.29) is 11.8 Å². The summed E-state index contributed by atoms with van der Waals surface area (Å²) in [6.45, 7) is 5.08. The Bertz CT molecular complexity index is 601. The molecule has 0 radical (unpaired) electrons. The van der Waals surface area contributed by atoms with Crippen LogP contribution in [0.25, 0.3) is 0 Å². The lowest BCUT2D eigenvalue weighted by Gasteiger charge is -2.40. The molecule has 118 valence electrons. The molecule has 0 saturated heterocycles. The second-order valence-corrected chi connectivity index (χ2v) is 7.49. The van der Waals surface area contributed by atoms with Gasteiger partial charge in [0.25, 0.3) is 0 Å². The molecule has 2 atom stereocenters. The fourth-order valence-corrected chi connectivity index (χ4v) is 3.68. The summed E-state index contributed by atoms with van der Waals surface area (Å²) in [4.78, 5) is 2.35. The molecule has 2 N–H and O–H groups in total. The molecule has 0 spiro atoms. The van der Waals surface area contributed by atoms with Gasteiger partial charge in [-0.3, -0.25) is 4.90 Å². The standard InChI is InChI=1S/C15H24N2O3S/c1-11-9-13-10-14(20-3)5-6-15(13)12(2)17(11)7-4-8-21(16,18)19/h5-6,10-12H,4,7-9H2,1-3H3,(H2,16,18,19)/t11-,12-/m1/s1. The van der Waals surface area contributed by atoms with Crippen LogP contribution in [0.1, 0.15) is 37.4 Å². The molecule has 1 aliphatic rings. The summed E-state index contributed by atoms with van der Waals surface area (Å²) < 4.78 is 27.4. The Balaban J connectivity index is 2.11. The van der Waals surface area contributed by atoms with Gasteiger partial charge in [-0.1, -0.05) is 6.07 Å². The number of ether oxygens (including phenoxy) is 1. The quantitative estimate of drug-likeness (QED) is 0.898. The van der Waals surface area contributed by atoms with E-state index < -0.39 is 10.0 Å². The van der Waals surface area contributed by atoms with Gasteiger partial charge in [0.15, 0.2) is 0 Å². The first-order valence-corrected chi connectivity index (χ1v) is 8.96. The lowest BCUT2D eigenvalue weighted by Crippen LogP contribution is -2.42. The summed E-state index contributed by atoms with van der Waals surface area (Å²) in [5.74, 6) is 0.925. The van der Waals surface area contributed by atoms with Crippen LogP contribution in [-0.2, 0) is 16.4 Å². The van der Waals surface area contributed by atoms with Crippen molar-refractivity contribution in [2.75, 3.05) is 19.4 Å². The normalized spacial score (nSPS) is 22.9. The van der Waals surface area contributed by atoms with Crippen LogP contribution in [0, 0.1) is 0 Å². The lowest BCUT2D eigenvalue weighted by atomic mass is 9.89. The van der Waals surface area contributed by atoms with Crippen LogP contribution in [0.4, 0.5) is 0 Å². The van der Waals surface area contributed by atoms with E-state index in [0.717, 1.165) is 18.7 Å². The van der Waals surface area contributed by atoms with Crippen molar-refractivity contribution in [3.05, 3.63) is 29.3 Å². The van der Waals surface area contributed by atoms with E-state index in [0.29, 0.717) is 12.5 Å². The van der Waals surface area contributed by atoms with Gasteiger partial charge in [-0.05, 0) is 49.9 Å². The zero-order chi connectivity index (χ0) is 15.6. The summed E-state index contributed by atoms with van der Waals surface area (Å²) >= 11 is 0. The molecule has 0 amide bonds. The monoisotopic (exact) mass is 312 g/mol. The predicted octanol–water partition coefficient (Wildman–Crippen LogP) is 1.68. The number of hydrogen-bond donors (Lipinski definition) is 1. The minimum absolute atomic E-state index is 0.0401. The van der Waals surface area contributed by atoms with Crippen molar-refractivity contribution in [2.24, 2.45) is 5.14 Å². The summed E-state index contributed by atoms with van der Waals surface area (Å²) in [6, 6.07) is 6.84. The predicted molar refractivity (Wildman–Crippen MR) is 83.9 cm³/mol. The first kappa shape index (κ1) is 16.3. The molecule has 21 heavy (non-hydrogen) atoms. The number of benzene rings is 1. The molecule has 0 saturated carbocycles. The maximum Gasteiger partial charge on any atom is 0.209 e. The van der Waals surface area contributed by atoms with Crippen molar-refractivity contribution in [2.45, 2.75) is 38.8 Å². The summed E-state index contributed by atoms with van der Waals surface area (Å²) in [7, 11) is -1.70. The average Bonchev–Trinajstić information content (AvgIpc) is 2.40. The third-order valence-corrected chi connectivity index (χ3v) is 5.08. The summed E-state index contributed by atoms with van der Waals surface area (Å²) in [5.41, 5.74) is 2.61. The Morgan fingerprint density at radius 3 is 2.71 bits per heavy atom. The number of sulfonamides is 1. The van der Waals surface area contributed by atoms with Crippen LogP contribution in [0.5, 0.6) is 5.75 Å². The SMILES string of the molecule is COc1ccc2c(c1)C[C@@H](C)N(CCCS(N)(=O)=O)[C@@H]2C. The second kappa shape index (κ2) is 6.34. The van der Waals surface area contributed by atoms with E-state index in [1.165, 1.54) is 11.1 Å². The van der Waals surface area contributed by atoms with Crippen LogP contribution in [-0.4, -0.2) is 38.8 Å². The van der Waals surface area contributed by atoms with Crippen molar-refractivity contribution < 1.29 is 13.2 Å². The zero-order valence-electron chi connectivity index (χ0n) is 12.9. The Kier molecular flexibility index (Phi) is 4.91. The first-order valence-electron chi connectivity index (χ1n) is 7.25. The number of primary sulfonamides is 1. The summed E-state index contributed by atoms with van der Waals surface area (Å²) in [5, 5.41) is 5.07. The average molecular weight is 312 g/mol. The van der Waals surface area contributed by atoms with Crippen molar-refractivity contribution in [3.63, 3.8) is 0 Å². The van der Waals surface area contributed by atoms with Gasteiger partial charge in [-0.25, -0.2) is 13.6 Å². The second-order valence-electron chi connectivity index (χ2n) is 5.75. The highest BCUT2D eigenvalue weighted by Gasteiger charge is 2.29. The van der Waals surface area contributed by atoms with Crippen LogP contribution in [0.3, 0.4) is 0 Å². The Morgan fingerprint density at radius 2 is 2.10 bits per heavy atom. The number of methoxy groups -OCH3 is 1. The Labute approximate surface area is 127 Å². The molecule has 5 nitrogen and oxygen atoms in total. The van der Waals surface area contributed by atoms with Gasteiger partial charge in [0.05, 0.1) is 12.9 Å². The van der Waals surface area contributed by atoms with Gasteiger partial charge < -0.3 is 4.74 Å². The Morgan fingerprint density at radius 1 is 1.38 bits per heavy atom. The highest BCUT2D eigenvalue weighted by Crippen LogP contribution is 2.34. The highest BCUT2D eigenvalue weighted by molar-refractivity contribution is 7.89. The molecule has 2 rings (SSSR count). The van der Waals surface area contributed by atoms with Crippen LogP contribution >= 0.6 is 0 Å². The topological polar surface area (TPSA) is 72.6 Å². The first-order chi connectivity index (χ1) is 9.81. The molecule has 0 aliphatic carbocycles. The zero-order valence-corrected chi connectivity index (χ0v) is 13.7. The van der Waals surface area contributed by atoms with Crippen LogP contribution in [0.15, 0.2) is 18.2 Å². The molecule has 1 heterocycles. The van der Waals surface area contributed by atoms with Gasteiger partial charge in [-0.2, -0.15) is 0 Å². The number of nitrogens with zero attached hydrogens (tertiary/aromatic N) is 1. The van der Waals surface area contributed by atoms with E-state index in [1.54, 1.807) is 7.11 Å². The molecule has 0 fully saturated rings. The molecular formula is C15H24N2O3S. The third-order valence-electron chi connectivity index (χ3n) is 4.22. The van der Waals surface area contributed by atoms with Crippen molar-refractivity contribution in [3.8, 4) is 5.75 Å². The lowest BCUT2D eigenvalue weighted by molar-refractivity contribution is 0.138. The minimum atomic E-state index is -3.37. The molecule has 1 aromatic carbocycles. The molecule has 1 aliphatic heterocycles. The molecule has 1 aromatic rings. The minimum Gasteiger partial charge on any atom is -0.497 e. The van der Waals surface area contributed by atoms with Gasteiger partial charge in [0.2, 0.25) is 10.0 Å². The fourth-order valence-electron chi connectivity index (χ4n) is 3.15. The van der Waals surface area contributed by atoms with E-state index >= 15 is 0 Å². The number of nitrogens with two attached hydrogens (primary N) is 1. The van der Waals surface area contributed by atoms with Crippen LogP contribution in [0.2, 0.25) is 0 Å². The van der Waals surface area contributed by atoms with Gasteiger partial charge in [0, 0.05) is 18.6 Å². The van der Waals surface area contributed by atoms with Gasteiger partial charge in [-0.15, -0.1) is 0 Å². The van der Waals surface area contributed by atoms with Crippen molar-refractivity contribution >= 4 is 10.0 Å². The van der Waals surface area contributed by atoms with E-state index in [9.17, 15) is 8.42 Å². The molecule has 0 aromatic heterocycles. The Hall–Kier alpha value is -1.11. The van der Waals surface area contributed by atoms with E-state index in [1.807, 2.05) is 6.07 Å². The van der Waals surface area contributed by atoms with Gasteiger partial charge in [0.1, 0.15) is 5.75 Å². The molecular weight excluding hydrogens is 288 g/mol. The third kappa shape index (κ3) is 3.96. The number of hydrogen-bond acceptors (Lipinski definition) is 4. The largest absolute Gasteiger partial charge is 0.497 e. The van der Waals surface area contributed by atoms with Crippen LogP contribution < -0.4 is 9.88 Å². The van der Waals surface area contributed by atoms with Crippen molar-refractivity contribution in [1.82, 2.24) is 4.90 Å². The molecule has 0 unspecified atom stereocenters. The van der Waals surface area contributed by atoms with Crippen molar-refractivity contribution in [1.29, 1.82) is 0 Å². The fraction of sp³-hybridized carbons (Fsp3) is 0.600.